The third-order valence-electron chi connectivity index (χ3n) is 4.45. The van der Waals surface area contributed by atoms with Gasteiger partial charge in [0.05, 0.1) is 17.6 Å². The van der Waals surface area contributed by atoms with Crippen molar-refractivity contribution in [2.45, 2.75) is 17.9 Å². The van der Waals surface area contributed by atoms with E-state index in [1.807, 2.05) is 11.4 Å². The molecule has 1 amide bonds. The number of carbonyl (C=O) groups is 2. The molecule has 3 rings (SSSR count). The number of hydroxylamine groups is 1. The van der Waals surface area contributed by atoms with Gasteiger partial charge in [0.25, 0.3) is 15.9 Å². The summed E-state index contributed by atoms with van der Waals surface area (Å²) in [5, 5.41) is 2.00. The number of rotatable bonds is 6. The van der Waals surface area contributed by atoms with Crippen molar-refractivity contribution in [1.29, 1.82) is 0 Å². The number of benzene rings is 1. The molecule has 0 bridgehead atoms. The predicted molar refractivity (Wildman–Crippen MR) is 102 cm³/mol. The smallest absolute Gasteiger partial charge is 0.338 e. The summed E-state index contributed by atoms with van der Waals surface area (Å²) in [6, 6.07) is 7.39. The quantitative estimate of drug-likeness (QED) is 0.517. The van der Waals surface area contributed by atoms with E-state index in [0.717, 1.165) is 12.0 Å². The SMILES string of the molecule is CON(C)S(=O)(=O)c1cccc(C(=O)OCC(=O)N2CCc3sccc3C2)c1. The van der Waals surface area contributed by atoms with Gasteiger partial charge in [-0.2, -0.15) is 0 Å². The summed E-state index contributed by atoms with van der Waals surface area (Å²) >= 11 is 1.68. The standard InChI is InChI=1S/C18H20N2O6S2/c1-19(25-2)28(23,24)15-5-3-4-13(10-15)18(22)26-12-17(21)20-8-6-16-14(11-20)7-9-27-16/h3-5,7,9-10H,6,8,11-12H2,1-2H3. The Morgan fingerprint density at radius 3 is 2.82 bits per heavy atom. The van der Waals surface area contributed by atoms with Gasteiger partial charge in [-0.05, 0) is 41.6 Å². The molecule has 1 aliphatic rings. The molecule has 0 radical (unpaired) electrons. The van der Waals surface area contributed by atoms with Gasteiger partial charge in [-0.3, -0.25) is 9.63 Å². The summed E-state index contributed by atoms with van der Waals surface area (Å²) in [6.45, 7) is 0.695. The molecule has 1 aromatic heterocycles. The van der Waals surface area contributed by atoms with Crippen LogP contribution in [0.25, 0.3) is 0 Å². The fraction of sp³-hybridized carbons (Fsp3) is 0.333. The van der Waals surface area contributed by atoms with Crippen LogP contribution in [0, 0.1) is 0 Å². The van der Waals surface area contributed by atoms with Gasteiger partial charge in [-0.25, -0.2) is 13.2 Å². The van der Waals surface area contributed by atoms with Crippen LogP contribution in [0.1, 0.15) is 20.8 Å². The van der Waals surface area contributed by atoms with Crippen molar-refractivity contribution in [2.75, 3.05) is 27.3 Å². The van der Waals surface area contributed by atoms with Crippen LogP contribution in [-0.2, 0) is 37.4 Å². The molecule has 0 aliphatic carbocycles. The van der Waals surface area contributed by atoms with Crippen molar-refractivity contribution in [3.63, 3.8) is 0 Å². The van der Waals surface area contributed by atoms with Gasteiger partial charge in [-0.15, -0.1) is 11.3 Å². The second-order valence-corrected chi connectivity index (χ2v) is 9.07. The van der Waals surface area contributed by atoms with Crippen LogP contribution in [0.4, 0.5) is 0 Å². The molecule has 10 heteroatoms. The second kappa shape index (κ2) is 8.39. The minimum Gasteiger partial charge on any atom is -0.452 e. The first-order valence-corrected chi connectivity index (χ1v) is 10.8. The molecule has 2 heterocycles. The van der Waals surface area contributed by atoms with E-state index >= 15 is 0 Å². The van der Waals surface area contributed by atoms with Crippen molar-refractivity contribution in [2.24, 2.45) is 0 Å². The zero-order valence-corrected chi connectivity index (χ0v) is 17.1. The summed E-state index contributed by atoms with van der Waals surface area (Å²) in [4.78, 5) is 32.2. The first kappa shape index (κ1) is 20.5. The number of sulfonamides is 1. The highest BCUT2D eigenvalue weighted by Crippen LogP contribution is 2.24. The molecule has 0 fully saturated rings. The molecule has 2 aromatic rings. The van der Waals surface area contributed by atoms with Gasteiger partial charge in [-0.1, -0.05) is 10.5 Å². The number of carbonyl (C=O) groups excluding carboxylic acids is 2. The average Bonchev–Trinajstić information content (AvgIpc) is 3.18. The second-order valence-electron chi connectivity index (χ2n) is 6.14. The first-order valence-electron chi connectivity index (χ1n) is 8.46. The monoisotopic (exact) mass is 424 g/mol. The van der Waals surface area contributed by atoms with Crippen molar-refractivity contribution >= 4 is 33.2 Å². The molecular weight excluding hydrogens is 404 g/mol. The van der Waals surface area contributed by atoms with E-state index in [2.05, 4.69) is 0 Å². The van der Waals surface area contributed by atoms with Gasteiger partial charge < -0.3 is 9.64 Å². The summed E-state index contributed by atoms with van der Waals surface area (Å²) in [5.41, 5.74) is 1.16. The van der Waals surface area contributed by atoms with Crippen molar-refractivity contribution in [3.8, 4) is 0 Å². The van der Waals surface area contributed by atoms with Crippen LogP contribution < -0.4 is 0 Å². The largest absolute Gasteiger partial charge is 0.452 e. The summed E-state index contributed by atoms with van der Waals surface area (Å²) in [5.74, 6) is -1.05. The molecule has 0 atom stereocenters. The Morgan fingerprint density at radius 1 is 1.29 bits per heavy atom. The van der Waals surface area contributed by atoms with Gasteiger partial charge in [0.2, 0.25) is 0 Å². The summed E-state index contributed by atoms with van der Waals surface area (Å²) in [7, 11) is -1.42. The van der Waals surface area contributed by atoms with E-state index in [1.165, 1.54) is 43.3 Å². The molecule has 0 saturated carbocycles. The molecule has 8 nitrogen and oxygen atoms in total. The molecule has 28 heavy (non-hydrogen) atoms. The Hall–Kier alpha value is -2.27. The van der Waals surface area contributed by atoms with E-state index < -0.39 is 22.6 Å². The lowest BCUT2D eigenvalue weighted by atomic mass is 10.1. The van der Waals surface area contributed by atoms with Crippen LogP contribution >= 0.6 is 11.3 Å². The molecule has 0 saturated heterocycles. The third-order valence-corrected chi connectivity index (χ3v) is 7.15. The van der Waals surface area contributed by atoms with E-state index in [0.29, 0.717) is 17.6 Å². The maximum absolute atomic E-state index is 12.4. The highest BCUT2D eigenvalue weighted by Gasteiger charge is 2.24. The van der Waals surface area contributed by atoms with Crippen molar-refractivity contribution in [1.82, 2.24) is 9.37 Å². The van der Waals surface area contributed by atoms with Gasteiger partial charge in [0.1, 0.15) is 0 Å². The lowest BCUT2D eigenvalue weighted by Crippen LogP contribution is -2.38. The minimum absolute atomic E-state index is 0.0390. The first-order chi connectivity index (χ1) is 13.3. The zero-order valence-electron chi connectivity index (χ0n) is 15.5. The Balaban J connectivity index is 1.62. The van der Waals surface area contributed by atoms with Crippen molar-refractivity contribution in [3.05, 3.63) is 51.7 Å². The maximum Gasteiger partial charge on any atom is 0.338 e. The van der Waals surface area contributed by atoms with E-state index in [1.54, 1.807) is 16.2 Å². The lowest BCUT2D eigenvalue weighted by Gasteiger charge is -2.26. The normalized spacial score (nSPS) is 14.0. The molecule has 0 N–H and O–H groups in total. The maximum atomic E-state index is 12.4. The number of thiophene rings is 1. The topological polar surface area (TPSA) is 93.2 Å². The van der Waals surface area contributed by atoms with Crippen LogP contribution in [0.5, 0.6) is 0 Å². The number of nitrogens with zero attached hydrogens (tertiary/aromatic N) is 2. The van der Waals surface area contributed by atoms with E-state index in [-0.39, 0.29) is 16.4 Å². The van der Waals surface area contributed by atoms with Gasteiger partial charge in [0.15, 0.2) is 6.61 Å². The average molecular weight is 425 g/mol. The molecule has 1 aliphatic heterocycles. The molecule has 1 aromatic carbocycles. The van der Waals surface area contributed by atoms with Crippen LogP contribution in [-0.4, -0.2) is 57.0 Å². The Bertz CT molecular complexity index is 985. The van der Waals surface area contributed by atoms with Crippen LogP contribution in [0.2, 0.25) is 0 Å². The number of fused-ring (bicyclic) bond motifs is 1. The Labute approximate surface area is 167 Å². The summed E-state index contributed by atoms with van der Waals surface area (Å²) < 4.78 is 30.3. The molecule has 150 valence electrons. The van der Waals surface area contributed by atoms with Gasteiger partial charge >= 0.3 is 5.97 Å². The number of esters is 1. The zero-order chi connectivity index (χ0) is 20.3. The van der Waals surface area contributed by atoms with Crippen LogP contribution in [0.15, 0.2) is 40.6 Å². The molecule has 0 spiro atoms. The number of hydrogen-bond donors (Lipinski definition) is 0. The molecular formula is C18H20N2O6S2. The third kappa shape index (κ3) is 4.25. The minimum atomic E-state index is -3.89. The number of hydrogen-bond acceptors (Lipinski definition) is 7. The molecule has 0 unspecified atom stereocenters. The van der Waals surface area contributed by atoms with E-state index in [9.17, 15) is 18.0 Å². The number of amides is 1. The summed E-state index contributed by atoms with van der Waals surface area (Å²) in [6.07, 6.45) is 0.791. The fourth-order valence-corrected chi connectivity index (χ4v) is 4.70. The highest BCUT2D eigenvalue weighted by atomic mass is 32.2. The highest BCUT2D eigenvalue weighted by molar-refractivity contribution is 7.89. The fourth-order valence-electron chi connectivity index (χ4n) is 2.79. The number of ether oxygens (including phenoxy) is 1. The van der Waals surface area contributed by atoms with Crippen LogP contribution in [0.3, 0.4) is 0 Å². The van der Waals surface area contributed by atoms with E-state index in [4.69, 9.17) is 9.57 Å². The van der Waals surface area contributed by atoms with Crippen molar-refractivity contribution < 1.29 is 27.6 Å². The lowest BCUT2D eigenvalue weighted by molar-refractivity contribution is -0.135. The predicted octanol–water partition coefficient (Wildman–Crippen LogP) is 1.67. The van der Waals surface area contributed by atoms with Gasteiger partial charge in [0, 0.05) is 25.0 Å². The Kier molecular flexibility index (Phi) is 6.14. The Morgan fingerprint density at radius 2 is 2.07 bits per heavy atom.